The molecule has 0 saturated heterocycles. The van der Waals surface area contributed by atoms with Crippen molar-refractivity contribution in [3.63, 3.8) is 0 Å². The van der Waals surface area contributed by atoms with Gasteiger partial charge in [0.2, 0.25) is 17.7 Å². The quantitative estimate of drug-likeness (QED) is 0.0344. The van der Waals surface area contributed by atoms with Gasteiger partial charge in [0.1, 0.15) is 11.5 Å². The molecule has 9 aromatic rings. The van der Waals surface area contributed by atoms with E-state index in [0.717, 1.165) is 28.2 Å². The van der Waals surface area contributed by atoms with Crippen molar-refractivity contribution in [1.82, 2.24) is 30.6 Å². The fourth-order valence-corrected chi connectivity index (χ4v) is 7.47. The van der Waals surface area contributed by atoms with Gasteiger partial charge in [0.05, 0.1) is 90.4 Å². The van der Waals surface area contributed by atoms with Crippen molar-refractivity contribution in [1.29, 1.82) is 0 Å². The van der Waals surface area contributed by atoms with E-state index in [1.165, 1.54) is 20.3 Å². The van der Waals surface area contributed by atoms with Crippen LogP contribution >= 0.6 is 0 Å². The van der Waals surface area contributed by atoms with Crippen molar-refractivity contribution in [3.8, 4) is 91.7 Å². The summed E-state index contributed by atoms with van der Waals surface area (Å²) in [6, 6.07) is 46.0. The second-order valence-electron chi connectivity index (χ2n) is 19.3. The van der Waals surface area contributed by atoms with E-state index in [1.54, 1.807) is 119 Å². The van der Waals surface area contributed by atoms with Gasteiger partial charge >= 0.3 is 5.97 Å². The molecule has 0 fully saturated rings. The maximum absolute atomic E-state index is 11.4. The molecular formula is C65H75Ir3N6O17-3. The third kappa shape index (κ3) is 28.3. The number of carbonyl (C=O) groups is 2. The van der Waals surface area contributed by atoms with Crippen molar-refractivity contribution in [2.45, 2.75) is 97.4 Å². The van der Waals surface area contributed by atoms with Crippen LogP contribution < -0.4 is 18.9 Å². The van der Waals surface area contributed by atoms with Gasteiger partial charge in [-0.15, -0.1) is 88.1 Å². The summed E-state index contributed by atoms with van der Waals surface area (Å²) in [4.78, 5) is 22.9. The molecule has 0 aliphatic heterocycles. The number of rotatable bonds is 18. The van der Waals surface area contributed by atoms with Gasteiger partial charge in [-0.1, -0.05) is 23.3 Å². The van der Waals surface area contributed by atoms with Crippen LogP contribution in [0.25, 0.3) is 68.7 Å². The Morgan fingerprint density at radius 2 is 0.791 bits per heavy atom. The van der Waals surface area contributed by atoms with Crippen molar-refractivity contribution >= 4 is 11.9 Å². The molecular weight excluding hydrogens is 1710 g/mol. The Morgan fingerprint density at radius 3 is 1.21 bits per heavy atom. The van der Waals surface area contributed by atoms with E-state index in [1.807, 2.05) is 72.8 Å². The van der Waals surface area contributed by atoms with Crippen molar-refractivity contribution in [3.05, 3.63) is 157 Å². The van der Waals surface area contributed by atoms with E-state index < -0.39 is 11.9 Å². The fraction of sp³-hybridized carbons (Fsp3) is 0.323. The van der Waals surface area contributed by atoms with E-state index in [9.17, 15) is 9.59 Å². The van der Waals surface area contributed by atoms with Gasteiger partial charge in [-0.2, -0.15) is 15.3 Å². The number of nitrogens with zero attached hydrogens (tertiary/aromatic N) is 6. The summed E-state index contributed by atoms with van der Waals surface area (Å²) in [5, 5.41) is 75.6. The Morgan fingerprint density at radius 1 is 0.407 bits per heavy atom. The minimum Gasteiger partial charge on any atom is -0.540 e. The molecule has 0 aliphatic carbocycles. The van der Waals surface area contributed by atoms with Crippen LogP contribution in [-0.2, 0) is 69.8 Å². The van der Waals surface area contributed by atoms with Gasteiger partial charge in [-0.25, -0.2) is 4.79 Å². The number of carbonyl (C=O) groups excluding carboxylic acids is 2. The number of esters is 2. The number of ether oxygens (including phenoxy) is 6. The molecule has 3 radical (unpaired) electrons. The van der Waals surface area contributed by atoms with Gasteiger partial charge in [-0.05, 0) is 133 Å². The first-order chi connectivity index (χ1) is 42.1. The molecule has 6 atom stereocenters. The minimum absolute atomic E-state index is 0. The Labute approximate surface area is 569 Å². The molecule has 0 saturated carbocycles. The molecule has 6 aromatic carbocycles. The monoisotopic (exact) mass is 1790 g/mol. The van der Waals surface area contributed by atoms with Crippen LogP contribution in [0.15, 0.2) is 141 Å². The summed E-state index contributed by atoms with van der Waals surface area (Å²) < 4.78 is 47.1. The standard InChI is InChI=1S/C18H13N2O5.2C16H13N2O3.3C5H12O2.3Ir/c1-23-17(21)13-7-3-11(4-8-13)15-19-20-16(25-15)12-5-9-14(10-6-12)18(22)24-2;1-19-13-7-3-11(4-8-13)15-17-18-16(21-15)12-5-9-14(20-2)10-6-12;1-19-13-9-5-3-7-11(13)15-17-18-16(21-15)12-8-4-6-10-14(12)20-2;3*1-4(6)3-5(2)7;;;/h3-5,7-10H,1-2H3;3-5,7-10H,1-2H3;3-7,9-10H,1-2H3;3*4-7H,3H2,1-2H3;;;/q3*-1;;;;;;. The molecule has 26 heteroatoms. The normalized spacial score (nSPS) is 12.0. The molecule has 23 nitrogen and oxygen atoms in total. The number of benzene rings is 6. The zero-order chi connectivity index (χ0) is 64.7. The first kappa shape index (κ1) is 81.6. The summed E-state index contributed by atoms with van der Waals surface area (Å²) in [6.07, 6.45) is -0.833. The van der Waals surface area contributed by atoms with E-state index >= 15 is 0 Å². The molecule has 497 valence electrons. The first-order valence-corrected chi connectivity index (χ1v) is 27.4. The topological polar surface area (TPSA) is 328 Å². The minimum atomic E-state index is -0.445. The third-order valence-corrected chi connectivity index (χ3v) is 11.5. The number of aliphatic hydroxyl groups excluding tert-OH is 6. The number of aromatic nitrogens is 6. The van der Waals surface area contributed by atoms with Crippen LogP contribution in [0.5, 0.6) is 23.0 Å². The van der Waals surface area contributed by atoms with Crippen molar-refractivity contribution in [2.24, 2.45) is 0 Å². The molecule has 6 N–H and O–H groups in total. The fourth-order valence-electron chi connectivity index (χ4n) is 7.47. The summed E-state index contributed by atoms with van der Waals surface area (Å²) in [6.45, 7) is 9.96. The van der Waals surface area contributed by atoms with E-state index in [0.29, 0.717) is 88.0 Å². The van der Waals surface area contributed by atoms with E-state index in [4.69, 9.17) is 62.8 Å². The Hall–Kier alpha value is -7.41. The average Bonchev–Trinajstić information content (AvgIpc) is 2.51. The largest absolute Gasteiger partial charge is 0.540 e. The van der Waals surface area contributed by atoms with Gasteiger partial charge in [0.15, 0.2) is 17.7 Å². The number of hydrogen-bond donors (Lipinski definition) is 6. The average molecular weight is 1790 g/mol. The van der Waals surface area contributed by atoms with Crippen LogP contribution in [-0.4, -0.2) is 152 Å². The Balaban J connectivity index is 0.000000583. The zero-order valence-electron chi connectivity index (χ0n) is 52.1. The molecule has 6 unspecified atom stereocenters. The maximum Gasteiger partial charge on any atom is 0.337 e. The van der Waals surface area contributed by atoms with Gasteiger partial charge in [-0.3, -0.25) is 4.79 Å². The molecule has 0 bridgehead atoms. The van der Waals surface area contributed by atoms with E-state index in [2.05, 4.69) is 58.3 Å². The molecule has 0 spiro atoms. The molecule has 3 heterocycles. The molecule has 3 aromatic heterocycles. The Kier molecular flexibility index (Phi) is 38.9. The first-order valence-electron chi connectivity index (χ1n) is 27.4. The number of para-hydroxylation sites is 1. The van der Waals surface area contributed by atoms with Gasteiger partial charge in [0, 0.05) is 82.9 Å². The Bertz CT molecular complexity index is 3180. The van der Waals surface area contributed by atoms with Crippen molar-refractivity contribution < 1.29 is 142 Å². The third-order valence-electron chi connectivity index (χ3n) is 11.5. The smallest absolute Gasteiger partial charge is 0.337 e. The number of aliphatic hydroxyl groups is 6. The molecule has 0 aliphatic rings. The summed E-state index contributed by atoms with van der Waals surface area (Å²) >= 11 is 0. The van der Waals surface area contributed by atoms with E-state index in [-0.39, 0.29) is 103 Å². The predicted molar refractivity (Wildman–Crippen MR) is 325 cm³/mol. The summed E-state index contributed by atoms with van der Waals surface area (Å²) in [7, 11) is 9.05. The van der Waals surface area contributed by atoms with Crippen LogP contribution in [0.3, 0.4) is 0 Å². The zero-order valence-corrected chi connectivity index (χ0v) is 59.3. The van der Waals surface area contributed by atoms with Crippen LogP contribution in [0, 0.1) is 18.2 Å². The second kappa shape index (κ2) is 43.4. The number of hydrogen-bond acceptors (Lipinski definition) is 23. The molecule has 91 heavy (non-hydrogen) atoms. The van der Waals surface area contributed by atoms with Crippen LogP contribution in [0.2, 0.25) is 0 Å². The van der Waals surface area contributed by atoms with Crippen molar-refractivity contribution in [2.75, 3.05) is 42.7 Å². The predicted octanol–water partition coefficient (Wildman–Crippen LogP) is 9.63. The number of methoxy groups -OCH3 is 6. The summed E-state index contributed by atoms with van der Waals surface area (Å²) in [5.74, 6) is 4.15. The molecule has 0 amide bonds. The maximum atomic E-state index is 11.4. The van der Waals surface area contributed by atoms with Gasteiger partial charge < -0.3 is 72.3 Å². The van der Waals surface area contributed by atoms with Gasteiger partial charge in [0.25, 0.3) is 5.97 Å². The summed E-state index contributed by atoms with van der Waals surface area (Å²) in [5.41, 5.74) is 4.96. The SMILES string of the molecule is CC(O)CC(C)O.CC(O)CC(C)O.CC(O)CC(C)O.COC(=O)c1c[c-]c(-c2nnc(-c3ccc(C(=O)OC)cc3)o2)cc1.COc1c[c-]c(-c2nnc(-c3ccc(OC)cc3)o2)cc1.COc1ccc[c-]c1-c1nnc(-c2ccccc2OC)o1.[Ir].[Ir].[Ir]. The molecule has 9 rings (SSSR count). The second-order valence-corrected chi connectivity index (χ2v) is 19.3. The van der Waals surface area contributed by atoms with Crippen LogP contribution in [0.1, 0.15) is 81.5 Å². The van der Waals surface area contributed by atoms with Crippen LogP contribution in [0.4, 0.5) is 0 Å².